The second kappa shape index (κ2) is 12.8. The van der Waals surface area contributed by atoms with Crippen LogP contribution in [0.1, 0.15) is 84.0 Å². The summed E-state index contributed by atoms with van der Waals surface area (Å²) < 4.78 is 27.7. The summed E-state index contributed by atoms with van der Waals surface area (Å²) in [4.78, 5) is 34.4. The van der Waals surface area contributed by atoms with E-state index in [0.717, 1.165) is 19.3 Å². The molecular formula is C22H33F2O5-. The summed E-state index contributed by atoms with van der Waals surface area (Å²) in [6, 6.07) is 0. The van der Waals surface area contributed by atoms with Gasteiger partial charge in [-0.2, -0.15) is 8.78 Å². The lowest BCUT2D eigenvalue weighted by Gasteiger charge is -2.21. The summed E-state index contributed by atoms with van der Waals surface area (Å²) in [5, 5.41) is 20.5. The van der Waals surface area contributed by atoms with E-state index >= 15 is 0 Å². The van der Waals surface area contributed by atoms with E-state index < -0.39 is 42.0 Å². The summed E-state index contributed by atoms with van der Waals surface area (Å²) in [5.41, 5.74) is 0. The van der Waals surface area contributed by atoms with E-state index in [0.29, 0.717) is 19.3 Å². The van der Waals surface area contributed by atoms with Gasteiger partial charge in [0.25, 0.3) is 0 Å². The number of carbonyl (C=O) groups is 3. The fourth-order valence-corrected chi connectivity index (χ4v) is 3.80. The number of hydrogen-bond acceptors (Lipinski definition) is 5. The molecule has 0 heterocycles. The van der Waals surface area contributed by atoms with Crippen LogP contribution in [0.15, 0.2) is 12.2 Å². The van der Waals surface area contributed by atoms with Crippen LogP contribution in [0.25, 0.3) is 0 Å². The van der Waals surface area contributed by atoms with Crippen LogP contribution in [0.5, 0.6) is 0 Å². The molecule has 0 unspecified atom stereocenters. The molecule has 1 aliphatic carbocycles. The third-order valence-electron chi connectivity index (χ3n) is 5.60. The molecule has 0 amide bonds. The summed E-state index contributed by atoms with van der Waals surface area (Å²) in [6.45, 7) is 1.78. The molecular weight excluding hydrogens is 382 g/mol. The smallest absolute Gasteiger partial charge is 0.305 e. The third-order valence-corrected chi connectivity index (χ3v) is 5.60. The Balaban J connectivity index is 2.44. The number of halogens is 2. The Morgan fingerprint density at radius 2 is 1.90 bits per heavy atom. The molecule has 1 aliphatic rings. The molecule has 29 heavy (non-hydrogen) atoms. The summed E-state index contributed by atoms with van der Waals surface area (Å²) in [5.74, 6) is -6.51. The number of allylic oxidation sites excluding steroid dienone is 2. The van der Waals surface area contributed by atoms with Crippen LogP contribution in [0, 0.1) is 11.8 Å². The number of alkyl halides is 2. The first-order valence-corrected chi connectivity index (χ1v) is 10.7. The fourth-order valence-electron chi connectivity index (χ4n) is 3.80. The monoisotopic (exact) mass is 415 g/mol. The van der Waals surface area contributed by atoms with Crippen LogP contribution in [-0.4, -0.2) is 34.7 Å². The maximum absolute atomic E-state index is 13.8. The number of aliphatic hydroxyl groups is 1. The number of aliphatic hydroxyl groups excluding tert-OH is 1. The Morgan fingerprint density at radius 1 is 1.17 bits per heavy atom. The largest absolute Gasteiger partial charge is 0.550 e. The summed E-state index contributed by atoms with van der Waals surface area (Å²) >= 11 is 0. The molecule has 7 heteroatoms. The highest BCUT2D eigenvalue weighted by Crippen LogP contribution is 2.36. The van der Waals surface area contributed by atoms with Crippen LogP contribution in [0.4, 0.5) is 8.78 Å². The van der Waals surface area contributed by atoms with Crippen molar-refractivity contribution in [2.45, 2.75) is 96.0 Å². The van der Waals surface area contributed by atoms with E-state index in [2.05, 4.69) is 0 Å². The zero-order valence-electron chi connectivity index (χ0n) is 17.2. The topological polar surface area (TPSA) is 94.5 Å². The van der Waals surface area contributed by atoms with Crippen molar-refractivity contribution in [2.75, 3.05) is 0 Å². The summed E-state index contributed by atoms with van der Waals surface area (Å²) in [6.07, 6.45) is 6.46. The summed E-state index contributed by atoms with van der Waals surface area (Å²) in [7, 11) is 0. The molecule has 1 fully saturated rings. The Kier molecular flexibility index (Phi) is 11.2. The quantitative estimate of drug-likeness (QED) is 0.327. The van der Waals surface area contributed by atoms with Gasteiger partial charge in [-0.3, -0.25) is 9.59 Å². The van der Waals surface area contributed by atoms with Gasteiger partial charge in [-0.05, 0) is 50.9 Å². The molecule has 1 N–H and O–H groups in total. The third kappa shape index (κ3) is 9.15. The lowest BCUT2D eigenvalue weighted by atomic mass is 9.86. The van der Waals surface area contributed by atoms with Gasteiger partial charge in [-0.15, -0.1) is 0 Å². The van der Waals surface area contributed by atoms with E-state index in [1.165, 1.54) is 0 Å². The number of carboxylic acids is 1. The number of rotatable bonds is 15. The van der Waals surface area contributed by atoms with Crippen LogP contribution in [0.3, 0.4) is 0 Å². The first-order chi connectivity index (χ1) is 13.7. The van der Waals surface area contributed by atoms with Crippen LogP contribution < -0.4 is 5.11 Å². The fraction of sp³-hybridized carbons (Fsp3) is 0.773. The van der Waals surface area contributed by atoms with Crippen molar-refractivity contribution >= 4 is 17.5 Å². The standard InChI is InChI=1S/C22H34F2O5/c1-2-3-14-22(23,24)20(27)13-12-17-16(18(25)15-19(17)26)10-8-6-4-5-7-9-11-21(28)29/h6,8,16-17,19,26H,2-5,7,9-15H2,1H3,(H,28,29)/p-1/b8-6-/t16-,17-,19-/m1/s1. The molecule has 3 atom stereocenters. The molecule has 0 aliphatic heterocycles. The Morgan fingerprint density at radius 3 is 2.55 bits per heavy atom. The lowest BCUT2D eigenvalue weighted by molar-refractivity contribution is -0.305. The maximum Gasteiger partial charge on any atom is 0.305 e. The van der Waals surface area contributed by atoms with Crippen molar-refractivity contribution in [3.05, 3.63) is 12.2 Å². The number of ketones is 2. The van der Waals surface area contributed by atoms with Crippen molar-refractivity contribution in [1.29, 1.82) is 0 Å². The lowest BCUT2D eigenvalue weighted by Crippen LogP contribution is -2.30. The molecule has 0 aromatic heterocycles. The van der Waals surface area contributed by atoms with Crippen molar-refractivity contribution in [1.82, 2.24) is 0 Å². The molecule has 5 nitrogen and oxygen atoms in total. The Hall–Kier alpha value is -1.63. The number of aliphatic carboxylic acids is 1. The Labute approximate surface area is 171 Å². The second-order valence-corrected chi connectivity index (χ2v) is 7.96. The molecule has 0 spiro atoms. The molecule has 0 aromatic rings. The molecule has 1 rings (SSSR count). The number of Topliss-reactive ketones (excluding diaryl/α,β-unsaturated/α-hetero) is 2. The minimum atomic E-state index is -3.34. The van der Waals surface area contributed by atoms with Gasteiger partial charge in [0.2, 0.25) is 5.78 Å². The first-order valence-electron chi connectivity index (χ1n) is 10.7. The number of carboxylic acid groups (broad SMARTS) is 1. The van der Waals surface area contributed by atoms with Crippen molar-refractivity contribution in [3.8, 4) is 0 Å². The minimum absolute atomic E-state index is 0.00676. The normalized spacial score (nSPS) is 22.5. The van der Waals surface area contributed by atoms with Gasteiger partial charge in [-0.1, -0.05) is 31.9 Å². The second-order valence-electron chi connectivity index (χ2n) is 7.96. The zero-order valence-corrected chi connectivity index (χ0v) is 17.2. The van der Waals surface area contributed by atoms with Gasteiger partial charge in [0.1, 0.15) is 5.78 Å². The molecule has 0 radical (unpaired) electrons. The van der Waals surface area contributed by atoms with E-state index in [-0.39, 0.29) is 37.9 Å². The maximum atomic E-state index is 13.8. The highest BCUT2D eigenvalue weighted by molar-refractivity contribution is 5.86. The van der Waals surface area contributed by atoms with Gasteiger partial charge < -0.3 is 15.0 Å². The van der Waals surface area contributed by atoms with Crippen LogP contribution >= 0.6 is 0 Å². The molecule has 1 saturated carbocycles. The van der Waals surface area contributed by atoms with Gasteiger partial charge in [0, 0.05) is 31.1 Å². The number of carbonyl (C=O) groups excluding carboxylic acids is 3. The molecule has 166 valence electrons. The van der Waals surface area contributed by atoms with Crippen LogP contribution in [0.2, 0.25) is 0 Å². The number of hydrogen-bond donors (Lipinski definition) is 1. The molecule has 0 aromatic carbocycles. The Bertz CT molecular complexity index is 574. The highest BCUT2D eigenvalue weighted by atomic mass is 19.3. The van der Waals surface area contributed by atoms with Crippen LogP contribution in [-0.2, 0) is 14.4 Å². The van der Waals surface area contributed by atoms with Gasteiger partial charge >= 0.3 is 5.92 Å². The van der Waals surface area contributed by atoms with Gasteiger partial charge in [0.15, 0.2) is 0 Å². The van der Waals surface area contributed by atoms with E-state index in [1.54, 1.807) is 6.92 Å². The van der Waals surface area contributed by atoms with Crippen molar-refractivity contribution in [2.24, 2.45) is 11.8 Å². The van der Waals surface area contributed by atoms with Gasteiger partial charge in [0.05, 0.1) is 6.10 Å². The van der Waals surface area contributed by atoms with E-state index in [1.807, 2.05) is 12.2 Å². The molecule has 0 bridgehead atoms. The average Bonchev–Trinajstić information content (AvgIpc) is 2.92. The minimum Gasteiger partial charge on any atom is -0.550 e. The van der Waals surface area contributed by atoms with E-state index in [9.17, 15) is 33.4 Å². The van der Waals surface area contributed by atoms with Gasteiger partial charge in [-0.25, -0.2) is 0 Å². The van der Waals surface area contributed by atoms with E-state index in [4.69, 9.17) is 0 Å². The first kappa shape index (κ1) is 25.4. The predicted octanol–water partition coefficient (Wildman–Crippen LogP) is 3.37. The van der Waals surface area contributed by atoms with Crippen molar-refractivity contribution < 1.29 is 33.4 Å². The highest BCUT2D eigenvalue weighted by Gasteiger charge is 2.43. The SMILES string of the molecule is CCCCC(F)(F)C(=O)CC[C@H]1[C@H](O)CC(=O)[C@@H]1C/C=C\CCCCCC(=O)[O-]. The van der Waals surface area contributed by atoms with Crippen molar-refractivity contribution in [3.63, 3.8) is 0 Å². The average molecular weight is 415 g/mol. The molecule has 0 saturated heterocycles. The predicted molar refractivity (Wildman–Crippen MR) is 103 cm³/mol. The number of unbranched alkanes of at least 4 members (excludes halogenated alkanes) is 4. The zero-order chi connectivity index (χ0) is 21.9.